The smallest absolute Gasteiger partial charge is 0.138 e. The highest BCUT2D eigenvalue weighted by atomic mass is 35.5. The van der Waals surface area contributed by atoms with Crippen molar-refractivity contribution in [1.29, 1.82) is 0 Å². The van der Waals surface area contributed by atoms with E-state index in [1.807, 2.05) is 49.4 Å². The van der Waals surface area contributed by atoms with E-state index >= 15 is 0 Å². The molecule has 26 heavy (non-hydrogen) atoms. The molecule has 3 aromatic carbocycles. The fraction of sp³-hybridized carbons (Fsp3) is 0.143. The minimum Gasteiger partial charge on any atom is -0.487 e. The lowest BCUT2D eigenvalue weighted by atomic mass is 10.1. The number of benzene rings is 3. The molecule has 0 aromatic heterocycles. The zero-order chi connectivity index (χ0) is 18.5. The maximum atomic E-state index is 13.2. The molecule has 0 saturated heterocycles. The second-order valence-electron chi connectivity index (χ2n) is 5.95. The van der Waals surface area contributed by atoms with Gasteiger partial charge in [-0.1, -0.05) is 47.5 Å². The Hall–Kier alpha value is -2.23. The highest BCUT2D eigenvalue weighted by Crippen LogP contribution is 2.28. The topological polar surface area (TPSA) is 21.3 Å². The average Bonchev–Trinajstić information content (AvgIpc) is 2.62. The molecule has 0 aliphatic carbocycles. The Morgan fingerprint density at radius 1 is 0.923 bits per heavy atom. The molecule has 0 unspecified atom stereocenters. The number of halogens is 3. The molecule has 0 heterocycles. The van der Waals surface area contributed by atoms with Gasteiger partial charge in [0.25, 0.3) is 0 Å². The molecule has 0 amide bonds. The van der Waals surface area contributed by atoms with Crippen LogP contribution in [0.3, 0.4) is 0 Å². The quantitative estimate of drug-likeness (QED) is 0.510. The van der Waals surface area contributed by atoms with Crippen molar-refractivity contribution in [2.75, 3.05) is 5.32 Å². The Morgan fingerprint density at radius 3 is 2.50 bits per heavy atom. The maximum Gasteiger partial charge on any atom is 0.138 e. The van der Waals surface area contributed by atoms with Crippen molar-refractivity contribution in [3.63, 3.8) is 0 Å². The van der Waals surface area contributed by atoms with E-state index in [-0.39, 0.29) is 12.4 Å². The first-order valence-electron chi connectivity index (χ1n) is 8.17. The van der Waals surface area contributed by atoms with Crippen LogP contribution < -0.4 is 10.1 Å². The number of hydrogen-bond donors (Lipinski definition) is 1. The van der Waals surface area contributed by atoms with Crippen molar-refractivity contribution in [2.45, 2.75) is 20.1 Å². The minimum absolute atomic E-state index is 0.261. The molecule has 0 spiro atoms. The molecule has 0 aliphatic heterocycles. The molecular weight excluding hydrogens is 372 g/mol. The summed E-state index contributed by atoms with van der Waals surface area (Å²) in [4.78, 5) is 0. The molecule has 0 fully saturated rings. The molecular formula is C21H18Cl2FNO. The Balaban J connectivity index is 1.63. The maximum absolute atomic E-state index is 13.2. The summed E-state index contributed by atoms with van der Waals surface area (Å²) in [6.45, 7) is 2.85. The summed E-state index contributed by atoms with van der Waals surface area (Å²) < 4.78 is 18.9. The normalized spacial score (nSPS) is 10.6. The fourth-order valence-electron chi connectivity index (χ4n) is 2.56. The number of rotatable bonds is 6. The van der Waals surface area contributed by atoms with Gasteiger partial charge in [0.15, 0.2) is 0 Å². The molecule has 1 N–H and O–H groups in total. The van der Waals surface area contributed by atoms with Crippen molar-refractivity contribution in [3.8, 4) is 5.75 Å². The lowest BCUT2D eigenvalue weighted by molar-refractivity contribution is 0.305. The molecule has 0 saturated carbocycles. The first-order valence-corrected chi connectivity index (χ1v) is 8.93. The van der Waals surface area contributed by atoms with Gasteiger partial charge in [0.05, 0.1) is 5.02 Å². The lowest BCUT2D eigenvalue weighted by Gasteiger charge is -2.12. The van der Waals surface area contributed by atoms with Crippen LogP contribution in [0.2, 0.25) is 10.0 Å². The van der Waals surface area contributed by atoms with Crippen LogP contribution in [0.25, 0.3) is 0 Å². The third kappa shape index (κ3) is 4.69. The van der Waals surface area contributed by atoms with E-state index in [0.29, 0.717) is 17.3 Å². The third-order valence-corrected chi connectivity index (χ3v) is 4.74. The van der Waals surface area contributed by atoms with Crippen LogP contribution in [0.1, 0.15) is 16.7 Å². The summed E-state index contributed by atoms with van der Waals surface area (Å²) in [5.74, 6) is 0.286. The summed E-state index contributed by atoms with van der Waals surface area (Å²) in [6, 6.07) is 17.7. The Kier molecular flexibility index (Phi) is 6.02. The molecule has 134 valence electrons. The van der Waals surface area contributed by atoms with E-state index in [9.17, 15) is 4.39 Å². The first-order chi connectivity index (χ1) is 12.5. The number of anilines is 1. The Morgan fingerprint density at radius 2 is 1.73 bits per heavy atom. The molecule has 0 bridgehead atoms. The number of ether oxygens (including phenoxy) is 1. The van der Waals surface area contributed by atoms with Gasteiger partial charge in [-0.05, 0) is 60.0 Å². The molecule has 3 aromatic rings. The summed E-state index contributed by atoms with van der Waals surface area (Å²) >= 11 is 12.5. The monoisotopic (exact) mass is 389 g/mol. The van der Waals surface area contributed by atoms with Gasteiger partial charge < -0.3 is 10.1 Å². The van der Waals surface area contributed by atoms with Crippen LogP contribution in [0, 0.1) is 12.7 Å². The van der Waals surface area contributed by atoms with Crippen LogP contribution in [-0.2, 0) is 13.2 Å². The zero-order valence-corrected chi connectivity index (χ0v) is 15.7. The van der Waals surface area contributed by atoms with E-state index in [1.54, 1.807) is 6.07 Å². The van der Waals surface area contributed by atoms with Crippen LogP contribution in [-0.4, -0.2) is 0 Å². The molecule has 3 rings (SSSR count). The highest BCUT2D eigenvalue weighted by Gasteiger charge is 2.06. The van der Waals surface area contributed by atoms with Crippen molar-refractivity contribution in [1.82, 2.24) is 0 Å². The van der Waals surface area contributed by atoms with Gasteiger partial charge in [-0.3, -0.25) is 0 Å². The summed E-state index contributed by atoms with van der Waals surface area (Å²) in [5.41, 5.74) is 3.77. The van der Waals surface area contributed by atoms with Gasteiger partial charge >= 0.3 is 0 Å². The van der Waals surface area contributed by atoms with Gasteiger partial charge in [-0.2, -0.15) is 0 Å². The van der Waals surface area contributed by atoms with Gasteiger partial charge in [0.2, 0.25) is 0 Å². The van der Waals surface area contributed by atoms with Gasteiger partial charge in [-0.15, -0.1) is 0 Å². The highest BCUT2D eigenvalue weighted by molar-refractivity contribution is 6.32. The van der Waals surface area contributed by atoms with E-state index in [1.165, 1.54) is 12.1 Å². The Labute approximate surface area is 162 Å². The summed E-state index contributed by atoms with van der Waals surface area (Å²) in [6.07, 6.45) is 0. The predicted octanol–water partition coefficient (Wildman–Crippen LogP) is 6.63. The second kappa shape index (κ2) is 8.43. The van der Waals surface area contributed by atoms with Crippen molar-refractivity contribution in [2.24, 2.45) is 0 Å². The van der Waals surface area contributed by atoms with Crippen LogP contribution in [0.5, 0.6) is 5.75 Å². The van der Waals surface area contributed by atoms with E-state index in [0.717, 1.165) is 27.4 Å². The first kappa shape index (κ1) is 18.6. The van der Waals surface area contributed by atoms with Gasteiger partial charge in [0, 0.05) is 17.3 Å². The minimum atomic E-state index is -0.282. The molecule has 0 atom stereocenters. The van der Waals surface area contributed by atoms with E-state index < -0.39 is 0 Å². The van der Waals surface area contributed by atoms with Crippen molar-refractivity contribution >= 4 is 28.9 Å². The van der Waals surface area contributed by atoms with E-state index in [4.69, 9.17) is 27.9 Å². The van der Waals surface area contributed by atoms with Gasteiger partial charge in [0.1, 0.15) is 18.2 Å². The van der Waals surface area contributed by atoms with Crippen LogP contribution in [0.15, 0.2) is 60.7 Å². The van der Waals surface area contributed by atoms with Crippen LogP contribution in [0.4, 0.5) is 10.1 Å². The molecule has 2 nitrogen and oxygen atoms in total. The standard InChI is InChI=1S/C21H18Cl2FNO/c1-14-18(22)6-3-7-20(14)25-12-15-8-9-21(19(23)11-15)26-13-16-4-2-5-17(24)10-16/h2-11,25H,12-13H2,1H3. The van der Waals surface area contributed by atoms with Crippen molar-refractivity contribution in [3.05, 3.63) is 93.2 Å². The molecule has 0 radical (unpaired) electrons. The molecule has 5 heteroatoms. The summed E-state index contributed by atoms with van der Waals surface area (Å²) in [7, 11) is 0. The number of hydrogen-bond acceptors (Lipinski definition) is 2. The number of nitrogens with one attached hydrogen (secondary N) is 1. The fourth-order valence-corrected chi connectivity index (χ4v) is 2.99. The van der Waals surface area contributed by atoms with E-state index in [2.05, 4.69) is 5.32 Å². The molecule has 0 aliphatic rings. The zero-order valence-electron chi connectivity index (χ0n) is 14.2. The summed E-state index contributed by atoms with van der Waals surface area (Å²) in [5, 5.41) is 4.60. The third-order valence-electron chi connectivity index (χ3n) is 4.03. The second-order valence-corrected chi connectivity index (χ2v) is 6.76. The average molecular weight is 390 g/mol. The lowest BCUT2D eigenvalue weighted by Crippen LogP contribution is -2.02. The Bertz CT molecular complexity index is 914. The largest absolute Gasteiger partial charge is 0.487 e. The predicted molar refractivity (Wildman–Crippen MR) is 106 cm³/mol. The van der Waals surface area contributed by atoms with Gasteiger partial charge in [-0.25, -0.2) is 4.39 Å². The van der Waals surface area contributed by atoms with Crippen molar-refractivity contribution < 1.29 is 9.13 Å². The SMILES string of the molecule is Cc1c(Cl)cccc1NCc1ccc(OCc2cccc(F)c2)c(Cl)c1. The van der Waals surface area contributed by atoms with Crippen LogP contribution >= 0.6 is 23.2 Å².